The van der Waals surface area contributed by atoms with Crippen LogP contribution in [0.1, 0.15) is 151 Å². The first-order valence-electron chi connectivity index (χ1n) is 20.3. The maximum absolute atomic E-state index is 7.81. The predicted octanol–water partition coefficient (Wildman–Crippen LogP) is 9.10. The minimum atomic E-state index is -0.610. The molecule has 45 heavy (non-hydrogen) atoms. The lowest BCUT2D eigenvalue weighted by Gasteiger charge is -2.58. The molecular weight excluding hydrogens is 556 g/mol. The Morgan fingerprint density at radius 3 is 1.91 bits per heavy atom. The van der Waals surface area contributed by atoms with Crippen molar-refractivity contribution in [3.63, 3.8) is 0 Å². The Morgan fingerprint density at radius 1 is 0.667 bits per heavy atom. The first kappa shape index (κ1) is 32.0. The van der Waals surface area contributed by atoms with Gasteiger partial charge in [0.25, 0.3) is 0 Å². The van der Waals surface area contributed by atoms with E-state index < -0.39 is 5.91 Å². The van der Waals surface area contributed by atoms with E-state index in [0.717, 1.165) is 62.4 Å². The normalized spacial score (nSPS) is 49.9. The number of ether oxygens (including phenoxy) is 3. The van der Waals surface area contributed by atoms with Crippen molar-refractivity contribution >= 4 is 0 Å². The zero-order chi connectivity index (χ0) is 31.1. The lowest BCUT2D eigenvalue weighted by molar-refractivity contribution is -0.418. The second kappa shape index (κ2) is 12.0. The zero-order valence-electron chi connectivity index (χ0n) is 29.9. The van der Waals surface area contributed by atoms with Crippen molar-refractivity contribution < 1.29 is 14.2 Å². The van der Waals surface area contributed by atoms with Crippen LogP contribution in [-0.2, 0) is 14.2 Å². The molecule has 5 heteroatoms. The van der Waals surface area contributed by atoms with Crippen LogP contribution >= 0.6 is 0 Å². The lowest BCUT2D eigenvalue weighted by Crippen LogP contribution is -2.69. The van der Waals surface area contributed by atoms with Crippen LogP contribution in [0.2, 0.25) is 0 Å². The summed E-state index contributed by atoms with van der Waals surface area (Å²) in [5.74, 6) is 5.35. The van der Waals surface area contributed by atoms with Crippen LogP contribution in [0.3, 0.4) is 0 Å². The molecule has 8 aliphatic rings. The van der Waals surface area contributed by atoms with Crippen molar-refractivity contribution in [2.75, 3.05) is 6.67 Å². The Balaban J connectivity index is 1.22. The molecule has 8 fully saturated rings. The van der Waals surface area contributed by atoms with Gasteiger partial charge in [0, 0.05) is 24.3 Å². The molecule has 1 N–H and O–H groups in total. The zero-order valence-corrected chi connectivity index (χ0v) is 29.9. The molecule has 0 bridgehead atoms. The number of nitrogens with zero attached hydrogens (tertiary/aromatic N) is 1. The third-order valence-electron chi connectivity index (χ3n) is 16.9. The van der Waals surface area contributed by atoms with Gasteiger partial charge < -0.3 is 14.2 Å². The fourth-order valence-electron chi connectivity index (χ4n) is 13.3. The molecule has 0 amide bonds. The van der Waals surface area contributed by atoms with E-state index in [4.69, 9.17) is 14.2 Å². The van der Waals surface area contributed by atoms with Gasteiger partial charge in [-0.3, -0.25) is 5.32 Å². The molecule has 4 saturated carbocycles. The number of hydrogen-bond donors (Lipinski definition) is 1. The minimum absolute atomic E-state index is 0.166. The fraction of sp³-hybridized carbons (Fsp3) is 1.00. The maximum Gasteiger partial charge on any atom is 0.235 e. The van der Waals surface area contributed by atoms with E-state index in [9.17, 15) is 0 Å². The van der Waals surface area contributed by atoms with Crippen molar-refractivity contribution in [3.8, 4) is 0 Å². The molecule has 8 rings (SSSR count). The van der Waals surface area contributed by atoms with Gasteiger partial charge in [0.2, 0.25) is 5.91 Å². The second-order valence-electron chi connectivity index (χ2n) is 18.2. The average Bonchev–Trinajstić information content (AvgIpc) is 3.58. The summed E-state index contributed by atoms with van der Waals surface area (Å²) < 4.78 is 22.7. The van der Waals surface area contributed by atoms with Gasteiger partial charge in [-0.05, 0) is 104 Å². The SMILES string of the molecule is CCC(C)(CC)C1CC(C(C)(CC)CC)OC2(O1)C1CCC3CCCCC3C1C1C3C(NCN12)OC1CC2CCCCC2CC13. The van der Waals surface area contributed by atoms with Crippen LogP contribution < -0.4 is 5.32 Å². The van der Waals surface area contributed by atoms with E-state index >= 15 is 0 Å². The van der Waals surface area contributed by atoms with Gasteiger partial charge >= 0.3 is 0 Å². The Kier molecular flexibility index (Phi) is 8.54. The summed E-state index contributed by atoms with van der Waals surface area (Å²) in [6.07, 6.45) is 23.7. The molecule has 13 atom stereocenters. The molecule has 0 aromatic rings. The molecular formula is C40H68N2O3. The fourth-order valence-corrected chi connectivity index (χ4v) is 13.3. The van der Waals surface area contributed by atoms with Crippen molar-refractivity contribution in [2.24, 2.45) is 58.2 Å². The standard InChI is InChI=1S/C40H68N2O3/c1-7-38(5,8-2)32-23-33(39(6,9-3)10-4)45-40(44-32)30-20-19-25-15-13-14-18-28(25)34(30)36-35-29-21-26-16-11-12-17-27(26)22-31(29)43-37(35)41-24-42(36)40/h25-37,41H,7-24H2,1-6H3. The molecule has 4 saturated heterocycles. The van der Waals surface area contributed by atoms with Crippen LogP contribution in [0, 0.1) is 58.2 Å². The first-order valence-corrected chi connectivity index (χ1v) is 20.3. The molecule has 4 aliphatic heterocycles. The maximum atomic E-state index is 7.81. The summed E-state index contributed by atoms with van der Waals surface area (Å²) in [4.78, 5) is 2.86. The second-order valence-corrected chi connectivity index (χ2v) is 18.2. The van der Waals surface area contributed by atoms with Crippen molar-refractivity contribution in [2.45, 2.75) is 187 Å². The van der Waals surface area contributed by atoms with Gasteiger partial charge in [-0.1, -0.05) is 86.5 Å². The van der Waals surface area contributed by atoms with Crippen molar-refractivity contribution in [3.05, 3.63) is 0 Å². The topological polar surface area (TPSA) is 43.0 Å². The van der Waals surface area contributed by atoms with Crippen molar-refractivity contribution in [1.82, 2.24) is 10.2 Å². The lowest BCUT2D eigenvalue weighted by atomic mass is 9.57. The summed E-state index contributed by atoms with van der Waals surface area (Å²) in [6.45, 7) is 15.5. The summed E-state index contributed by atoms with van der Waals surface area (Å²) in [5, 5.41) is 4.05. The Morgan fingerprint density at radius 2 is 1.27 bits per heavy atom. The Hall–Kier alpha value is -0.200. The quantitative estimate of drug-likeness (QED) is 0.319. The summed E-state index contributed by atoms with van der Waals surface area (Å²) in [6, 6.07) is 0.519. The molecule has 4 aliphatic carbocycles. The number of fused-ring (bicyclic) bond motifs is 12. The highest BCUT2D eigenvalue weighted by molar-refractivity contribution is 5.16. The smallest absolute Gasteiger partial charge is 0.235 e. The largest absolute Gasteiger partial charge is 0.359 e. The summed E-state index contributed by atoms with van der Waals surface area (Å²) in [5.41, 5.74) is 0.333. The van der Waals surface area contributed by atoms with Gasteiger partial charge in [0.1, 0.15) is 6.23 Å². The number of hydrogen-bond acceptors (Lipinski definition) is 5. The molecule has 0 aromatic carbocycles. The van der Waals surface area contributed by atoms with E-state index in [1.807, 2.05) is 0 Å². The molecule has 5 nitrogen and oxygen atoms in total. The van der Waals surface area contributed by atoms with Crippen LogP contribution in [0.25, 0.3) is 0 Å². The first-order chi connectivity index (χ1) is 21.8. The molecule has 1 spiro atoms. The van der Waals surface area contributed by atoms with E-state index in [2.05, 4.69) is 51.8 Å². The summed E-state index contributed by atoms with van der Waals surface area (Å²) >= 11 is 0. The molecule has 0 aromatic heterocycles. The van der Waals surface area contributed by atoms with E-state index in [0.29, 0.717) is 35.8 Å². The predicted molar refractivity (Wildman–Crippen MR) is 180 cm³/mol. The van der Waals surface area contributed by atoms with Gasteiger partial charge in [-0.25, -0.2) is 4.90 Å². The molecule has 13 unspecified atom stereocenters. The highest BCUT2D eigenvalue weighted by Gasteiger charge is 2.72. The van der Waals surface area contributed by atoms with Gasteiger partial charge in [-0.15, -0.1) is 0 Å². The van der Waals surface area contributed by atoms with Crippen LogP contribution in [-0.4, -0.2) is 48.1 Å². The third kappa shape index (κ3) is 4.84. The van der Waals surface area contributed by atoms with E-state index in [1.165, 1.54) is 77.0 Å². The Labute approximate surface area is 276 Å². The van der Waals surface area contributed by atoms with Crippen LogP contribution in [0.15, 0.2) is 0 Å². The van der Waals surface area contributed by atoms with Crippen molar-refractivity contribution in [1.29, 1.82) is 0 Å². The van der Waals surface area contributed by atoms with Gasteiger partial charge in [-0.2, -0.15) is 0 Å². The number of rotatable bonds is 6. The third-order valence-corrected chi connectivity index (χ3v) is 16.9. The Bertz CT molecular complexity index is 1030. The van der Waals surface area contributed by atoms with Crippen LogP contribution in [0.4, 0.5) is 0 Å². The highest BCUT2D eigenvalue weighted by Crippen LogP contribution is 2.65. The van der Waals surface area contributed by atoms with Gasteiger partial charge in [0.05, 0.1) is 25.0 Å². The van der Waals surface area contributed by atoms with E-state index in [-0.39, 0.29) is 29.3 Å². The minimum Gasteiger partial charge on any atom is -0.359 e. The van der Waals surface area contributed by atoms with E-state index in [1.54, 1.807) is 0 Å². The summed E-state index contributed by atoms with van der Waals surface area (Å²) in [7, 11) is 0. The molecule has 0 radical (unpaired) electrons. The van der Waals surface area contributed by atoms with Crippen LogP contribution in [0.5, 0.6) is 0 Å². The molecule has 256 valence electrons. The monoisotopic (exact) mass is 625 g/mol. The van der Waals surface area contributed by atoms with Gasteiger partial charge in [0.15, 0.2) is 0 Å². The highest BCUT2D eigenvalue weighted by atomic mass is 16.7. The molecule has 4 heterocycles. The number of nitrogens with one attached hydrogen (secondary N) is 1. The average molecular weight is 625 g/mol.